The van der Waals surface area contributed by atoms with Gasteiger partial charge in [-0.1, -0.05) is 6.07 Å². The summed E-state index contributed by atoms with van der Waals surface area (Å²) in [4.78, 5) is 34.7. The SMILES string of the molecule is O=C1CC(C(=O)N2CCC3(CC2)OCCc2ccsc23)CN1Cc1cccnc1. The second kappa shape index (κ2) is 7.54. The maximum absolute atomic E-state index is 13.1. The number of hydrogen-bond donors (Lipinski definition) is 0. The number of amides is 2. The predicted molar refractivity (Wildman–Crippen MR) is 109 cm³/mol. The molecule has 1 unspecified atom stereocenters. The van der Waals surface area contributed by atoms with Crippen LogP contribution in [0.1, 0.15) is 35.3 Å². The van der Waals surface area contributed by atoms with E-state index in [0.29, 0.717) is 32.6 Å². The lowest BCUT2D eigenvalue weighted by atomic mass is 9.85. The van der Waals surface area contributed by atoms with Crippen molar-refractivity contribution in [2.75, 3.05) is 26.2 Å². The number of rotatable bonds is 3. The summed E-state index contributed by atoms with van der Waals surface area (Å²) in [5.41, 5.74) is 2.19. The van der Waals surface area contributed by atoms with E-state index >= 15 is 0 Å². The van der Waals surface area contributed by atoms with Crippen molar-refractivity contribution in [3.8, 4) is 0 Å². The number of carbonyl (C=O) groups is 2. The molecule has 3 aliphatic heterocycles. The van der Waals surface area contributed by atoms with Crippen LogP contribution in [0.3, 0.4) is 0 Å². The number of piperidine rings is 1. The van der Waals surface area contributed by atoms with Gasteiger partial charge in [-0.05, 0) is 47.9 Å². The number of pyridine rings is 1. The Kier molecular flexibility index (Phi) is 4.87. The number of thiophene rings is 1. The molecule has 0 bridgehead atoms. The molecule has 3 aliphatic rings. The molecule has 0 radical (unpaired) electrons. The fraction of sp³-hybridized carbons (Fsp3) is 0.500. The van der Waals surface area contributed by atoms with Crippen LogP contribution in [-0.2, 0) is 32.9 Å². The molecule has 2 saturated heterocycles. The maximum Gasteiger partial charge on any atom is 0.227 e. The van der Waals surface area contributed by atoms with Gasteiger partial charge in [0.25, 0.3) is 0 Å². The lowest BCUT2D eigenvalue weighted by Gasteiger charge is -2.44. The Labute approximate surface area is 174 Å². The van der Waals surface area contributed by atoms with Crippen LogP contribution in [0.25, 0.3) is 0 Å². The second-order valence-corrected chi connectivity index (χ2v) is 9.15. The number of likely N-dealkylation sites (tertiary alicyclic amines) is 2. The molecule has 0 saturated carbocycles. The molecule has 2 aromatic rings. The molecular formula is C22H25N3O3S. The van der Waals surface area contributed by atoms with Crippen molar-refractivity contribution in [1.29, 1.82) is 0 Å². The molecule has 0 N–H and O–H groups in total. The van der Waals surface area contributed by atoms with Crippen LogP contribution in [0.5, 0.6) is 0 Å². The van der Waals surface area contributed by atoms with Gasteiger partial charge in [-0.2, -0.15) is 0 Å². The van der Waals surface area contributed by atoms with E-state index in [2.05, 4.69) is 16.4 Å². The van der Waals surface area contributed by atoms with E-state index in [9.17, 15) is 9.59 Å². The van der Waals surface area contributed by atoms with Crippen LogP contribution >= 0.6 is 11.3 Å². The van der Waals surface area contributed by atoms with Crippen LogP contribution in [0, 0.1) is 5.92 Å². The van der Waals surface area contributed by atoms with Gasteiger partial charge in [-0.3, -0.25) is 14.6 Å². The molecule has 1 atom stereocenters. The third kappa shape index (κ3) is 3.46. The first-order valence-electron chi connectivity index (χ1n) is 10.3. The fourth-order valence-electron chi connectivity index (χ4n) is 4.87. The van der Waals surface area contributed by atoms with Crippen molar-refractivity contribution in [2.24, 2.45) is 5.92 Å². The summed E-state index contributed by atoms with van der Waals surface area (Å²) >= 11 is 1.78. The zero-order chi connectivity index (χ0) is 19.8. The van der Waals surface area contributed by atoms with Gasteiger partial charge in [0, 0.05) is 49.9 Å². The predicted octanol–water partition coefficient (Wildman–Crippen LogP) is 2.58. The largest absolute Gasteiger partial charge is 0.369 e. The van der Waals surface area contributed by atoms with Gasteiger partial charge in [-0.25, -0.2) is 0 Å². The highest BCUT2D eigenvalue weighted by Crippen LogP contribution is 2.44. The van der Waals surface area contributed by atoms with E-state index in [1.165, 1.54) is 10.4 Å². The Balaban J connectivity index is 1.21. The topological polar surface area (TPSA) is 62.7 Å². The number of carbonyl (C=O) groups excluding carboxylic acids is 2. The average molecular weight is 412 g/mol. The molecule has 6 nitrogen and oxygen atoms in total. The Hall–Kier alpha value is -2.25. The number of nitrogens with zero attached hydrogens (tertiary/aromatic N) is 3. The number of hydrogen-bond acceptors (Lipinski definition) is 5. The first kappa shape index (κ1) is 18.8. The van der Waals surface area contributed by atoms with E-state index < -0.39 is 0 Å². The van der Waals surface area contributed by atoms with Crippen molar-refractivity contribution < 1.29 is 14.3 Å². The van der Waals surface area contributed by atoms with Crippen LogP contribution in [-0.4, -0.2) is 52.8 Å². The minimum Gasteiger partial charge on any atom is -0.369 e. The molecule has 0 aliphatic carbocycles. The molecule has 2 fully saturated rings. The Morgan fingerprint density at radius 2 is 2.17 bits per heavy atom. The monoisotopic (exact) mass is 411 g/mol. The molecule has 7 heteroatoms. The van der Waals surface area contributed by atoms with Gasteiger partial charge in [-0.15, -0.1) is 11.3 Å². The van der Waals surface area contributed by atoms with Crippen LogP contribution in [0.4, 0.5) is 0 Å². The van der Waals surface area contributed by atoms with Gasteiger partial charge in [0.1, 0.15) is 5.60 Å². The third-order valence-electron chi connectivity index (χ3n) is 6.45. The summed E-state index contributed by atoms with van der Waals surface area (Å²) < 4.78 is 6.25. The molecular weight excluding hydrogens is 386 g/mol. The number of aromatic nitrogens is 1. The van der Waals surface area contributed by atoms with Crippen LogP contribution in [0.15, 0.2) is 36.0 Å². The van der Waals surface area contributed by atoms with Gasteiger partial charge >= 0.3 is 0 Å². The van der Waals surface area contributed by atoms with E-state index in [0.717, 1.165) is 31.4 Å². The summed E-state index contributed by atoms with van der Waals surface area (Å²) in [5.74, 6) is -0.0681. The van der Waals surface area contributed by atoms with E-state index in [-0.39, 0.29) is 23.3 Å². The maximum atomic E-state index is 13.1. The van der Waals surface area contributed by atoms with Gasteiger partial charge < -0.3 is 14.5 Å². The lowest BCUT2D eigenvalue weighted by molar-refractivity contribution is -0.144. The number of fused-ring (bicyclic) bond motifs is 2. The molecule has 2 amide bonds. The second-order valence-electron chi connectivity index (χ2n) is 8.23. The quantitative estimate of drug-likeness (QED) is 0.779. The minimum atomic E-state index is -0.238. The van der Waals surface area contributed by atoms with Gasteiger partial charge in [0.05, 0.1) is 12.5 Å². The summed E-state index contributed by atoms with van der Waals surface area (Å²) in [6.07, 6.45) is 6.47. The zero-order valence-electron chi connectivity index (χ0n) is 16.4. The standard InChI is InChI=1S/C22H25N3O3S/c26-19-12-18(15-25(19)14-16-2-1-7-23-13-16)21(27)24-8-5-22(6-9-24)20-17(3-10-28-22)4-11-29-20/h1-2,4,7,11,13,18H,3,5-6,8-10,12,14-15H2. The smallest absolute Gasteiger partial charge is 0.227 e. The molecule has 2 aromatic heterocycles. The summed E-state index contributed by atoms with van der Waals surface area (Å²) in [5, 5.41) is 2.15. The summed E-state index contributed by atoms with van der Waals surface area (Å²) in [6, 6.07) is 6.04. The Bertz CT molecular complexity index is 905. The summed E-state index contributed by atoms with van der Waals surface area (Å²) in [7, 11) is 0. The van der Waals surface area contributed by atoms with E-state index in [4.69, 9.17) is 4.74 Å². The van der Waals surface area contributed by atoms with Crippen molar-refractivity contribution >= 4 is 23.2 Å². The third-order valence-corrected chi connectivity index (χ3v) is 7.60. The molecule has 152 valence electrons. The first-order valence-corrected chi connectivity index (χ1v) is 11.2. The van der Waals surface area contributed by atoms with Crippen molar-refractivity contribution in [1.82, 2.24) is 14.8 Å². The molecule has 1 spiro atoms. The summed E-state index contributed by atoms with van der Waals surface area (Å²) in [6.45, 7) is 3.18. The molecule has 29 heavy (non-hydrogen) atoms. The highest BCUT2D eigenvalue weighted by molar-refractivity contribution is 7.10. The Morgan fingerprint density at radius 3 is 2.97 bits per heavy atom. The number of ether oxygens (including phenoxy) is 1. The normalized spacial score (nSPS) is 23.4. The highest BCUT2D eigenvalue weighted by atomic mass is 32.1. The zero-order valence-corrected chi connectivity index (χ0v) is 17.2. The Morgan fingerprint density at radius 1 is 1.31 bits per heavy atom. The van der Waals surface area contributed by atoms with Crippen LogP contribution < -0.4 is 0 Å². The van der Waals surface area contributed by atoms with Crippen molar-refractivity contribution in [2.45, 2.75) is 37.8 Å². The van der Waals surface area contributed by atoms with E-state index in [1.54, 1.807) is 28.6 Å². The fourth-order valence-corrected chi connectivity index (χ4v) is 6.04. The average Bonchev–Trinajstić information content (AvgIpc) is 3.37. The molecule has 0 aromatic carbocycles. The van der Waals surface area contributed by atoms with E-state index in [1.807, 2.05) is 17.0 Å². The molecule has 5 heterocycles. The first-order chi connectivity index (χ1) is 14.1. The molecule has 5 rings (SSSR count). The minimum absolute atomic E-state index is 0.0551. The lowest BCUT2D eigenvalue weighted by Crippen LogP contribution is -2.49. The van der Waals surface area contributed by atoms with Crippen LogP contribution in [0.2, 0.25) is 0 Å². The van der Waals surface area contributed by atoms with Gasteiger partial charge in [0.2, 0.25) is 11.8 Å². The highest BCUT2D eigenvalue weighted by Gasteiger charge is 2.44. The van der Waals surface area contributed by atoms with Crippen molar-refractivity contribution in [3.63, 3.8) is 0 Å². The van der Waals surface area contributed by atoms with Gasteiger partial charge in [0.15, 0.2) is 0 Å². The van der Waals surface area contributed by atoms with Crippen molar-refractivity contribution in [3.05, 3.63) is 52.0 Å².